The molecule has 47 heavy (non-hydrogen) atoms. The summed E-state index contributed by atoms with van der Waals surface area (Å²) >= 11 is 0. The molecular weight excluding hydrogens is 594 g/mol. The number of hydrogen-bond acceptors (Lipinski definition) is 9. The number of anilines is 1. The van der Waals surface area contributed by atoms with E-state index in [0.717, 1.165) is 22.3 Å². The van der Waals surface area contributed by atoms with Crippen LogP contribution in [0.2, 0.25) is 0 Å². The van der Waals surface area contributed by atoms with Crippen molar-refractivity contribution in [2.24, 2.45) is 0 Å². The predicted octanol–water partition coefficient (Wildman–Crippen LogP) is 5.07. The zero-order valence-electron chi connectivity index (χ0n) is 25.8. The molecule has 0 spiro atoms. The molecular formula is C37H35N5O5. The average molecular weight is 630 g/mol. The molecule has 3 N–H and O–H groups in total. The first-order valence-electron chi connectivity index (χ1n) is 15.5. The minimum absolute atomic E-state index is 0.0535. The standard InChI is InChI=1S/C37H35N5O5/c1-45-29-20-12-11-19-28(29)37(26-15-7-3-8-16-26,27-17-9-4-10-18-27)46-22-30-32(43)33(44)36(47-30)42-24-41-31-34(39-23-40-35(31)42)38-21-25-13-5-2-6-14-25/h2-20,23-24,30,32-33,36,43-44H,21-22H2,1H3,(H,38,39,40)/t30-,32-,33-,36-/m1/s1. The Labute approximate surface area is 272 Å². The number of para-hydroxylation sites is 1. The van der Waals surface area contributed by atoms with Gasteiger partial charge in [-0.2, -0.15) is 0 Å². The Morgan fingerprint density at radius 2 is 1.43 bits per heavy atom. The molecule has 3 heterocycles. The van der Waals surface area contributed by atoms with Gasteiger partial charge in [-0.25, -0.2) is 15.0 Å². The van der Waals surface area contributed by atoms with Crippen LogP contribution in [0.3, 0.4) is 0 Å². The first kappa shape index (κ1) is 30.5. The summed E-state index contributed by atoms with van der Waals surface area (Å²) in [5.41, 5.74) is 3.48. The second-order valence-corrected chi connectivity index (χ2v) is 11.4. The van der Waals surface area contributed by atoms with Crippen LogP contribution < -0.4 is 10.1 Å². The normalized spacial score (nSPS) is 19.6. The van der Waals surface area contributed by atoms with E-state index in [4.69, 9.17) is 14.2 Å². The smallest absolute Gasteiger partial charge is 0.167 e. The van der Waals surface area contributed by atoms with E-state index in [-0.39, 0.29) is 6.61 Å². The topological polar surface area (TPSA) is 124 Å². The van der Waals surface area contributed by atoms with Crippen LogP contribution in [0.15, 0.2) is 128 Å². The molecule has 1 aliphatic rings. The van der Waals surface area contributed by atoms with Gasteiger partial charge in [-0.15, -0.1) is 0 Å². The molecule has 4 aromatic carbocycles. The number of fused-ring (bicyclic) bond motifs is 1. The van der Waals surface area contributed by atoms with E-state index < -0.39 is 30.1 Å². The summed E-state index contributed by atoms with van der Waals surface area (Å²) < 4.78 is 20.8. The van der Waals surface area contributed by atoms with Gasteiger partial charge in [0.05, 0.1) is 20.0 Å². The summed E-state index contributed by atoms with van der Waals surface area (Å²) in [6.45, 7) is 0.499. The largest absolute Gasteiger partial charge is 0.496 e. The van der Waals surface area contributed by atoms with Gasteiger partial charge >= 0.3 is 0 Å². The van der Waals surface area contributed by atoms with Crippen molar-refractivity contribution in [2.75, 3.05) is 19.0 Å². The van der Waals surface area contributed by atoms with Crippen molar-refractivity contribution >= 4 is 17.0 Å². The molecule has 0 amide bonds. The molecule has 0 unspecified atom stereocenters. The molecule has 1 fully saturated rings. The van der Waals surface area contributed by atoms with E-state index in [1.54, 1.807) is 18.0 Å². The number of aromatic nitrogens is 4. The summed E-state index contributed by atoms with van der Waals surface area (Å²) in [6, 6.07) is 37.5. The summed E-state index contributed by atoms with van der Waals surface area (Å²) in [6.07, 6.45) is -1.39. The van der Waals surface area contributed by atoms with Crippen LogP contribution in [-0.2, 0) is 21.6 Å². The summed E-state index contributed by atoms with van der Waals surface area (Å²) in [4.78, 5) is 13.4. The third-order valence-corrected chi connectivity index (χ3v) is 8.58. The van der Waals surface area contributed by atoms with Gasteiger partial charge in [0.2, 0.25) is 0 Å². The molecule has 10 nitrogen and oxygen atoms in total. The van der Waals surface area contributed by atoms with Crippen LogP contribution in [0.1, 0.15) is 28.5 Å². The fourth-order valence-electron chi connectivity index (χ4n) is 6.26. The summed E-state index contributed by atoms with van der Waals surface area (Å²) in [5.74, 6) is 1.20. The minimum atomic E-state index is -1.27. The molecule has 0 radical (unpaired) electrons. The first-order valence-corrected chi connectivity index (χ1v) is 15.5. The highest BCUT2D eigenvalue weighted by Crippen LogP contribution is 2.45. The van der Waals surface area contributed by atoms with E-state index in [9.17, 15) is 10.2 Å². The Morgan fingerprint density at radius 1 is 0.787 bits per heavy atom. The molecule has 0 saturated carbocycles. The maximum absolute atomic E-state index is 11.3. The van der Waals surface area contributed by atoms with E-state index in [1.807, 2.05) is 115 Å². The molecule has 0 bridgehead atoms. The lowest BCUT2D eigenvalue weighted by Gasteiger charge is -2.37. The Balaban J connectivity index is 1.20. The molecule has 10 heteroatoms. The van der Waals surface area contributed by atoms with Gasteiger partial charge in [0.1, 0.15) is 36.0 Å². The third-order valence-electron chi connectivity index (χ3n) is 8.58. The molecule has 4 atom stereocenters. The van der Waals surface area contributed by atoms with Gasteiger partial charge in [0.25, 0.3) is 0 Å². The van der Waals surface area contributed by atoms with Crippen LogP contribution >= 0.6 is 0 Å². The third kappa shape index (κ3) is 5.72. The zero-order chi connectivity index (χ0) is 32.2. The number of nitrogens with zero attached hydrogens (tertiary/aromatic N) is 4. The molecule has 238 valence electrons. The highest BCUT2D eigenvalue weighted by Gasteiger charge is 2.47. The number of aliphatic hydroxyl groups is 2. The van der Waals surface area contributed by atoms with Crippen LogP contribution in [0.4, 0.5) is 5.82 Å². The lowest BCUT2D eigenvalue weighted by molar-refractivity contribution is -0.0945. The number of methoxy groups -OCH3 is 1. The van der Waals surface area contributed by atoms with Crippen molar-refractivity contribution in [2.45, 2.75) is 36.7 Å². The molecule has 1 aliphatic heterocycles. The Morgan fingerprint density at radius 3 is 2.11 bits per heavy atom. The quantitative estimate of drug-likeness (QED) is 0.169. The zero-order valence-corrected chi connectivity index (χ0v) is 25.8. The Hall–Kier alpha value is -5.13. The minimum Gasteiger partial charge on any atom is -0.496 e. The molecule has 0 aliphatic carbocycles. The number of ether oxygens (including phenoxy) is 3. The molecule has 6 aromatic rings. The van der Waals surface area contributed by atoms with Crippen molar-refractivity contribution < 1.29 is 24.4 Å². The second kappa shape index (κ2) is 13.3. The molecule has 7 rings (SSSR count). The van der Waals surface area contributed by atoms with Gasteiger partial charge < -0.3 is 29.7 Å². The van der Waals surface area contributed by atoms with Crippen molar-refractivity contribution in [1.29, 1.82) is 0 Å². The monoisotopic (exact) mass is 629 g/mol. The molecule has 2 aromatic heterocycles. The highest BCUT2D eigenvalue weighted by molar-refractivity contribution is 5.82. The number of hydrogen-bond donors (Lipinski definition) is 3. The lowest BCUT2D eigenvalue weighted by atomic mass is 9.79. The van der Waals surface area contributed by atoms with Gasteiger partial charge in [-0.05, 0) is 22.8 Å². The van der Waals surface area contributed by atoms with Crippen molar-refractivity contribution in [3.63, 3.8) is 0 Å². The van der Waals surface area contributed by atoms with Crippen molar-refractivity contribution in [3.8, 4) is 5.75 Å². The maximum atomic E-state index is 11.3. The fraction of sp³-hybridized carbons (Fsp3) is 0.216. The van der Waals surface area contributed by atoms with Crippen LogP contribution in [-0.4, -0.2) is 61.8 Å². The number of rotatable bonds is 11. The van der Waals surface area contributed by atoms with Gasteiger partial charge in [-0.3, -0.25) is 4.57 Å². The van der Waals surface area contributed by atoms with Crippen LogP contribution in [0.25, 0.3) is 11.2 Å². The Kier molecular flexibility index (Phi) is 8.64. The van der Waals surface area contributed by atoms with E-state index in [2.05, 4.69) is 20.3 Å². The second-order valence-electron chi connectivity index (χ2n) is 11.4. The van der Waals surface area contributed by atoms with E-state index in [1.165, 1.54) is 6.33 Å². The van der Waals surface area contributed by atoms with Crippen LogP contribution in [0, 0.1) is 0 Å². The number of imidazole rings is 1. The van der Waals surface area contributed by atoms with E-state index in [0.29, 0.717) is 29.3 Å². The number of benzene rings is 4. The average Bonchev–Trinajstić information content (AvgIpc) is 3.69. The van der Waals surface area contributed by atoms with Gasteiger partial charge in [0.15, 0.2) is 23.2 Å². The predicted molar refractivity (Wildman–Crippen MR) is 177 cm³/mol. The Bertz CT molecular complexity index is 1880. The summed E-state index contributed by atoms with van der Waals surface area (Å²) in [7, 11) is 1.63. The maximum Gasteiger partial charge on any atom is 0.167 e. The number of aliphatic hydroxyl groups excluding tert-OH is 2. The fourth-order valence-corrected chi connectivity index (χ4v) is 6.26. The van der Waals surface area contributed by atoms with E-state index >= 15 is 0 Å². The van der Waals surface area contributed by atoms with Crippen molar-refractivity contribution in [1.82, 2.24) is 19.5 Å². The van der Waals surface area contributed by atoms with Crippen LogP contribution in [0.5, 0.6) is 5.75 Å². The lowest BCUT2D eigenvalue weighted by Crippen LogP contribution is -2.39. The van der Waals surface area contributed by atoms with Gasteiger partial charge in [0, 0.05) is 12.1 Å². The first-order chi connectivity index (χ1) is 23.1. The number of nitrogens with one attached hydrogen (secondary N) is 1. The molecule has 1 saturated heterocycles. The SMILES string of the molecule is COc1ccccc1C(OC[C@H]1O[C@@H](n2cnc3c(NCc4ccccc4)ncnc32)[C@H](O)[C@@H]1O)(c1ccccc1)c1ccccc1. The summed E-state index contributed by atoms with van der Waals surface area (Å²) in [5, 5.41) is 25.9. The van der Waals surface area contributed by atoms with Crippen molar-refractivity contribution in [3.05, 3.63) is 150 Å². The van der Waals surface area contributed by atoms with Gasteiger partial charge in [-0.1, -0.05) is 109 Å². The highest BCUT2D eigenvalue weighted by atomic mass is 16.6.